The van der Waals surface area contributed by atoms with Gasteiger partial charge in [0.2, 0.25) is 5.95 Å². The first-order valence-corrected chi connectivity index (χ1v) is 9.45. The molecule has 0 spiro atoms. The minimum absolute atomic E-state index is 0.183. The van der Waals surface area contributed by atoms with Crippen molar-refractivity contribution in [3.63, 3.8) is 0 Å². The Morgan fingerprint density at radius 1 is 1.00 bits per heavy atom. The van der Waals surface area contributed by atoms with E-state index in [4.69, 9.17) is 10.3 Å². The normalized spacial score (nSPS) is 13.3. The molecule has 9 nitrogen and oxygen atoms in total. The van der Waals surface area contributed by atoms with E-state index < -0.39 is 11.1 Å². The molecular formula is C21H21N7O2. The highest BCUT2D eigenvalue weighted by Gasteiger charge is 2.37. The van der Waals surface area contributed by atoms with Crippen LogP contribution in [0.5, 0.6) is 0 Å². The van der Waals surface area contributed by atoms with Crippen molar-refractivity contribution in [2.45, 2.75) is 26.2 Å². The second-order valence-electron chi connectivity index (χ2n) is 7.49. The van der Waals surface area contributed by atoms with Crippen LogP contribution in [-0.4, -0.2) is 30.1 Å². The summed E-state index contributed by atoms with van der Waals surface area (Å²) in [6.07, 6.45) is 6.31. The van der Waals surface area contributed by atoms with Gasteiger partial charge in [0.05, 0.1) is 11.0 Å². The maximum absolute atomic E-state index is 11.2. The zero-order valence-electron chi connectivity index (χ0n) is 16.8. The Bertz CT molecular complexity index is 1190. The van der Waals surface area contributed by atoms with E-state index in [1.165, 1.54) is 12.4 Å². The van der Waals surface area contributed by atoms with Crippen molar-refractivity contribution in [1.82, 2.24) is 30.1 Å². The SMILES string of the molecule is CC(C)C(C)(c1ccc(-c2cnc(N)nc2)cc1)c1noc(-c2cnc(=O)[nH]c2)n1. The van der Waals surface area contributed by atoms with Gasteiger partial charge in [-0.25, -0.2) is 19.7 Å². The molecule has 1 aromatic carbocycles. The van der Waals surface area contributed by atoms with Crippen LogP contribution in [0.1, 0.15) is 32.2 Å². The molecule has 0 amide bonds. The number of aromatic amines is 1. The van der Waals surface area contributed by atoms with Gasteiger partial charge in [-0.05, 0) is 24.0 Å². The van der Waals surface area contributed by atoms with Crippen LogP contribution in [-0.2, 0) is 5.41 Å². The summed E-state index contributed by atoms with van der Waals surface area (Å²) >= 11 is 0. The topological polar surface area (TPSA) is 136 Å². The minimum atomic E-state index is -0.493. The molecular weight excluding hydrogens is 382 g/mol. The maximum Gasteiger partial charge on any atom is 0.344 e. The third kappa shape index (κ3) is 3.45. The van der Waals surface area contributed by atoms with E-state index >= 15 is 0 Å². The van der Waals surface area contributed by atoms with E-state index in [9.17, 15) is 4.79 Å². The number of hydrogen-bond acceptors (Lipinski definition) is 8. The van der Waals surface area contributed by atoms with Crippen LogP contribution in [0, 0.1) is 5.92 Å². The van der Waals surface area contributed by atoms with Crippen molar-refractivity contribution < 1.29 is 4.52 Å². The van der Waals surface area contributed by atoms with Crippen molar-refractivity contribution in [3.05, 3.63) is 70.9 Å². The Morgan fingerprint density at radius 2 is 1.67 bits per heavy atom. The molecule has 0 radical (unpaired) electrons. The van der Waals surface area contributed by atoms with E-state index in [2.05, 4.69) is 50.8 Å². The van der Waals surface area contributed by atoms with E-state index in [0.717, 1.165) is 16.7 Å². The molecule has 4 rings (SSSR count). The first-order valence-electron chi connectivity index (χ1n) is 9.45. The highest BCUT2D eigenvalue weighted by Crippen LogP contribution is 2.38. The lowest BCUT2D eigenvalue weighted by atomic mass is 9.72. The molecule has 4 aromatic rings. The van der Waals surface area contributed by atoms with Gasteiger partial charge in [-0.3, -0.25) is 0 Å². The van der Waals surface area contributed by atoms with Crippen LogP contribution >= 0.6 is 0 Å². The van der Waals surface area contributed by atoms with Crippen molar-refractivity contribution >= 4 is 5.95 Å². The number of nitrogens with two attached hydrogens (primary N) is 1. The molecule has 9 heteroatoms. The predicted octanol–water partition coefficient (Wildman–Crippen LogP) is 2.82. The second kappa shape index (κ2) is 7.51. The highest BCUT2D eigenvalue weighted by atomic mass is 16.5. The number of hydrogen-bond donors (Lipinski definition) is 2. The van der Waals surface area contributed by atoms with E-state index in [1.54, 1.807) is 12.4 Å². The monoisotopic (exact) mass is 403 g/mol. The van der Waals surface area contributed by atoms with Crippen LogP contribution in [0.25, 0.3) is 22.6 Å². The number of nitrogen functional groups attached to an aromatic ring is 1. The van der Waals surface area contributed by atoms with Crippen LogP contribution in [0.2, 0.25) is 0 Å². The third-order valence-electron chi connectivity index (χ3n) is 5.45. The quantitative estimate of drug-likeness (QED) is 0.519. The first kappa shape index (κ1) is 19.4. The molecule has 0 saturated carbocycles. The molecule has 0 aliphatic heterocycles. The zero-order chi connectivity index (χ0) is 21.3. The zero-order valence-corrected chi connectivity index (χ0v) is 16.8. The number of H-pyrrole nitrogens is 1. The largest absolute Gasteiger partial charge is 0.368 e. The lowest BCUT2D eigenvalue weighted by molar-refractivity contribution is 0.350. The Balaban J connectivity index is 1.70. The summed E-state index contributed by atoms with van der Waals surface area (Å²) in [6.45, 7) is 6.30. The van der Waals surface area contributed by atoms with Gasteiger partial charge in [0.15, 0.2) is 5.82 Å². The third-order valence-corrected chi connectivity index (χ3v) is 5.45. The van der Waals surface area contributed by atoms with Gasteiger partial charge in [0.25, 0.3) is 5.89 Å². The Hall–Kier alpha value is -3.88. The molecule has 0 bridgehead atoms. The molecule has 0 saturated heterocycles. The van der Waals surface area contributed by atoms with Gasteiger partial charge in [-0.2, -0.15) is 4.98 Å². The van der Waals surface area contributed by atoms with Crippen LogP contribution in [0.3, 0.4) is 0 Å². The molecule has 3 N–H and O–H groups in total. The van der Waals surface area contributed by atoms with Crippen LogP contribution < -0.4 is 11.4 Å². The van der Waals surface area contributed by atoms with Gasteiger partial charge in [0.1, 0.15) is 0 Å². The number of nitrogens with zero attached hydrogens (tertiary/aromatic N) is 5. The summed E-state index contributed by atoms with van der Waals surface area (Å²) in [5.74, 6) is 1.29. The number of benzene rings is 1. The fraction of sp³-hybridized carbons (Fsp3) is 0.238. The Labute approximate surface area is 172 Å². The van der Waals surface area contributed by atoms with Gasteiger partial charge in [-0.15, -0.1) is 0 Å². The Morgan fingerprint density at radius 3 is 2.27 bits per heavy atom. The summed E-state index contributed by atoms with van der Waals surface area (Å²) in [6, 6.07) is 8.11. The number of nitrogens with one attached hydrogen (secondary N) is 1. The first-order chi connectivity index (χ1) is 14.4. The maximum atomic E-state index is 11.2. The Kier molecular flexibility index (Phi) is 4.86. The molecule has 0 fully saturated rings. The highest BCUT2D eigenvalue weighted by molar-refractivity contribution is 5.62. The van der Waals surface area contributed by atoms with Crippen molar-refractivity contribution in [2.24, 2.45) is 5.92 Å². The number of aromatic nitrogens is 6. The van der Waals surface area contributed by atoms with Crippen molar-refractivity contribution in [1.29, 1.82) is 0 Å². The van der Waals surface area contributed by atoms with Crippen molar-refractivity contribution in [3.8, 4) is 22.6 Å². The standard InChI is InChI=1S/C21H21N7O2/c1-12(2)21(3,18-27-17(30-28-18)15-10-25-20(29)26-11-15)16-6-4-13(5-7-16)14-8-23-19(22)24-9-14/h4-12H,1-3H3,(H2,22,23,24)(H,25,26,29). The van der Waals surface area contributed by atoms with Gasteiger partial charge in [-0.1, -0.05) is 43.3 Å². The smallest absolute Gasteiger partial charge is 0.344 e. The second-order valence-corrected chi connectivity index (χ2v) is 7.49. The number of rotatable bonds is 5. The fourth-order valence-electron chi connectivity index (χ4n) is 3.23. The molecule has 1 unspecified atom stereocenters. The van der Waals surface area contributed by atoms with Crippen LogP contribution in [0.4, 0.5) is 5.95 Å². The lowest BCUT2D eigenvalue weighted by Gasteiger charge is -2.31. The summed E-state index contributed by atoms with van der Waals surface area (Å²) in [5.41, 5.74) is 8.11. The van der Waals surface area contributed by atoms with E-state index in [-0.39, 0.29) is 11.9 Å². The van der Waals surface area contributed by atoms with Gasteiger partial charge >= 0.3 is 5.69 Å². The average Bonchev–Trinajstić information content (AvgIpc) is 3.25. The summed E-state index contributed by atoms with van der Waals surface area (Å²) in [4.78, 5) is 30.1. The molecule has 0 aliphatic rings. The summed E-state index contributed by atoms with van der Waals surface area (Å²) in [5, 5.41) is 4.24. The molecule has 0 aliphatic carbocycles. The molecule has 1 atom stereocenters. The summed E-state index contributed by atoms with van der Waals surface area (Å²) < 4.78 is 5.46. The molecule has 3 aromatic heterocycles. The fourth-order valence-corrected chi connectivity index (χ4v) is 3.23. The van der Waals surface area contributed by atoms with Crippen LogP contribution in [0.15, 0.2) is 58.4 Å². The van der Waals surface area contributed by atoms with Gasteiger partial charge in [0, 0.05) is 30.4 Å². The molecule has 30 heavy (non-hydrogen) atoms. The average molecular weight is 403 g/mol. The van der Waals surface area contributed by atoms with E-state index in [1.807, 2.05) is 24.3 Å². The lowest BCUT2D eigenvalue weighted by Crippen LogP contribution is -2.31. The molecule has 152 valence electrons. The van der Waals surface area contributed by atoms with E-state index in [0.29, 0.717) is 17.3 Å². The summed E-state index contributed by atoms with van der Waals surface area (Å²) in [7, 11) is 0. The number of anilines is 1. The van der Waals surface area contributed by atoms with Gasteiger partial charge < -0.3 is 15.2 Å². The predicted molar refractivity (Wildman–Crippen MR) is 111 cm³/mol. The van der Waals surface area contributed by atoms with Crippen molar-refractivity contribution in [2.75, 3.05) is 5.73 Å². The minimum Gasteiger partial charge on any atom is -0.368 e. The molecule has 3 heterocycles.